The van der Waals surface area contributed by atoms with Gasteiger partial charge in [0.25, 0.3) is 0 Å². The van der Waals surface area contributed by atoms with Gasteiger partial charge in [0.15, 0.2) is 5.11 Å². The molecule has 7 heteroatoms. The molecule has 0 aromatic heterocycles. The van der Waals surface area contributed by atoms with Crippen LogP contribution in [0.3, 0.4) is 0 Å². The Bertz CT molecular complexity index is 657. The number of esters is 1. The number of amides is 1. The standard InChI is InChI=1S/C16H18N2O4S/c1-9-13(15(20)22-4)14(18(10(2)19)16(23)17-9)11-5-7-12(21-3)8-6-11/h5-8,13-14H,1H2,2-4H3,(H,17,23). The number of ether oxygens (including phenoxy) is 2. The molecular formula is C16H18N2O4S. The van der Waals surface area contributed by atoms with E-state index in [9.17, 15) is 9.59 Å². The van der Waals surface area contributed by atoms with Gasteiger partial charge in [0, 0.05) is 12.6 Å². The van der Waals surface area contributed by atoms with E-state index >= 15 is 0 Å². The Morgan fingerprint density at radius 2 is 1.87 bits per heavy atom. The molecule has 0 radical (unpaired) electrons. The lowest BCUT2D eigenvalue weighted by Gasteiger charge is -2.41. The van der Waals surface area contributed by atoms with E-state index in [2.05, 4.69) is 11.9 Å². The van der Waals surface area contributed by atoms with Gasteiger partial charge in [-0.05, 0) is 29.9 Å². The van der Waals surface area contributed by atoms with Gasteiger partial charge in [-0.25, -0.2) is 0 Å². The number of hydrogen-bond acceptors (Lipinski definition) is 5. The van der Waals surface area contributed by atoms with E-state index in [1.807, 2.05) is 0 Å². The third-order valence-corrected chi connectivity index (χ3v) is 4.01. The van der Waals surface area contributed by atoms with Crippen LogP contribution >= 0.6 is 12.2 Å². The van der Waals surface area contributed by atoms with Crippen LogP contribution in [0.2, 0.25) is 0 Å². The van der Waals surface area contributed by atoms with E-state index in [0.717, 1.165) is 5.56 Å². The topological polar surface area (TPSA) is 67.9 Å². The second kappa shape index (κ2) is 6.78. The SMILES string of the molecule is C=C1NC(=S)N(C(C)=O)C(c2ccc(OC)cc2)C1C(=O)OC. The average Bonchev–Trinajstić information content (AvgIpc) is 2.53. The Hall–Kier alpha value is -2.41. The summed E-state index contributed by atoms with van der Waals surface area (Å²) in [5.74, 6) is -0.848. The van der Waals surface area contributed by atoms with Crippen molar-refractivity contribution < 1.29 is 19.1 Å². The zero-order valence-electron chi connectivity index (χ0n) is 13.2. The molecule has 1 saturated heterocycles. The number of rotatable bonds is 3. The predicted octanol–water partition coefficient (Wildman–Crippen LogP) is 1.78. The number of methoxy groups -OCH3 is 2. The first-order valence-electron chi connectivity index (χ1n) is 6.92. The van der Waals surface area contributed by atoms with Gasteiger partial charge in [-0.2, -0.15) is 0 Å². The molecule has 1 aromatic rings. The first-order valence-corrected chi connectivity index (χ1v) is 7.33. The van der Waals surface area contributed by atoms with Gasteiger partial charge in [-0.15, -0.1) is 0 Å². The molecular weight excluding hydrogens is 316 g/mol. The number of benzene rings is 1. The third kappa shape index (κ3) is 3.19. The number of nitrogens with zero attached hydrogens (tertiary/aromatic N) is 1. The molecule has 2 rings (SSSR count). The van der Waals surface area contributed by atoms with E-state index in [0.29, 0.717) is 11.4 Å². The zero-order chi connectivity index (χ0) is 17.1. The van der Waals surface area contributed by atoms with Crippen molar-refractivity contribution in [3.05, 3.63) is 42.1 Å². The van der Waals surface area contributed by atoms with Crippen molar-refractivity contribution in [1.29, 1.82) is 0 Å². The third-order valence-electron chi connectivity index (χ3n) is 3.71. The van der Waals surface area contributed by atoms with Gasteiger partial charge in [-0.3, -0.25) is 14.5 Å². The van der Waals surface area contributed by atoms with Gasteiger partial charge >= 0.3 is 5.97 Å². The highest BCUT2D eigenvalue weighted by Crippen LogP contribution is 2.37. The van der Waals surface area contributed by atoms with Gasteiger partial charge in [0.1, 0.15) is 11.7 Å². The van der Waals surface area contributed by atoms with Crippen molar-refractivity contribution >= 4 is 29.2 Å². The van der Waals surface area contributed by atoms with Gasteiger partial charge < -0.3 is 14.8 Å². The minimum absolute atomic E-state index is 0.212. The Kier molecular flexibility index (Phi) is 5.00. The zero-order valence-corrected chi connectivity index (χ0v) is 14.0. The van der Waals surface area contributed by atoms with E-state index in [1.54, 1.807) is 31.4 Å². The summed E-state index contributed by atoms with van der Waals surface area (Å²) >= 11 is 5.24. The highest BCUT2D eigenvalue weighted by Gasteiger charge is 2.44. The van der Waals surface area contributed by atoms with Gasteiger partial charge in [0.2, 0.25) is 5.91 Å². The van der Waals surface area contributed by atoms with Crippen molar-refractivity contribution in [2.45, 2.75) is 13.0 Å². The van der Waals surface area contributed by atoms with E-state index in [4.69, 9.17) is 21.7 Å². The smallest absolute Gasteiger partial charge is 0.317 e. The summed E-state index contributed by atoms with van der Waals surface area (Å²) < 4.78 is 10.0. The van der Waals surface area contributed by atoms with Crippen molar-refractivity contribution in [3.63, 3.8) is 0 Å². The molecule has 122 valence electrons. The molecule has 1 aliphatic heterocycles. The van der Waals surface area contributed by atoms with Crippen LogP contribution in [-0.4, -0.2) is 36.1 Å². The van der Waals surface area contributed by atoms with E-state index in [1.165, 1.54) is 18.9 Å². The molecule has 0 aliphatic carbocycles. The number of carbonyl (C=O) groups excluding carboxylic acids is 2. The van der Waals surface area contributed by atoms with Crippen molar-refractivity contribution in [1.82, 2.24) is 10.2 Å². The highest BCUT2D eigenvalue weighted by molar-refractivity contribution is 7.80. The van der Waals surface area contributed by atoms with Crippen molar-refractivity contribution in [2.24, 2.45) is 5.92 Å². The van der Waals surface area contributed by atoms with E-state index < -0.39 is 17.9 Å². The van der Waals surface area contributed by atoms with Crippen LogP contribution in [0.5, 0.6) is 5.75 Å². The Morgan fingerprint density at radius 1 is 1.26 bits per heavy atom. The highest BCUT2D eigenvalue weighted by atomic mass is 32.1. The summed E-state index contributed by atoms with van der Waals surface area (Å²) in [6, 6.07) is 6.48. The maximum Gasteiger partial charge on any atom is 0.317 e. The molecule has 6 nitrogen and oxygen atoms in total. The fraction of sp³-hybridized carbons (Fsp3) is 0.312. The molecule has 1 aliphatic rings. The fourth-order valence-electron chi connectivity index (χ4n) is 2.62. The van der Waals surface area contributed by atoms with Crippen LogP contribution in [0.4, 0.5) is 0 Å². The van der Waals surface area contributed by atoms with Crippen molar-refractivity contribution in [2.75, 3.05) is 14.2 Å². The average molecular weight is 334 g/mol. The maximum atomic E-state index is 12.2. The first kappa shape index (κ1) is 17.0. The minimum atomic E-state index is -0.760. The van der Waals surface area contributed by atoms with Crippen LogP contribution in [0.1, 0.15) is 18.5 Å². The Labute approximate surface area is 140 Å². The van der Waals surface area contributed by atoms with Crippen molar-refractivity contribution in [3.8, 4) is 5.75 Å². The lowest BCUT2D eigenvalue weighted by Crippen LogP contribution is -2.54. The Balaban J connectivity index is 2.54. The molecule has 1 aromatic carbocycles. The minimum Gasteiger partial charge on any atom is -0.497 e. The van der Waals surface area contributed by atoms with E-state index in [-0.39, 0.29) is 11.0 Å². The van der Waals surface area contributed by atoms with Crippen LogP contribution in [0, 0.1) is 5.92 Å². The number of thiocarbonyl (C=S) groups is 1. The fourth-order valence-corrected chi connectivity index (χ4v) is 2.99. The molecule has 1 amide bonds. The number of nitrogens with one attached hydrogen (secondary N) is 1. The normalized spacial score (nSPS) is 20.7. The quantitative estimate of drug-likeness (QED) is 0.671. The predicted molar refractivity (Wildman–Crippen MR) is 88.6 cm³/mol. The summed E-state index contributed by atoms with van der Waals surface area (Å²) in [5, 5.41) is 3.03. The Morgan fingerprint density at radius 3 is 2.35 bits per heavy atom. The number of hydrogen-bond donors (Lipinski definition) is 1. The summed E-state index contributed by atoms with van der Waals surface area (Å²) in [4.78, 5) is 25.7. The molecule has 1 fully saturated rings. The molecule has 0 saturated carbocycles. The van der Waals surface area contributed by atoms with Crippen LogP contribution in [-0.2, 0) is 14.3 Å². The maximum absolute atomic E-state index is 12.2. The van der Waals surface area contributed by atoms with Crippen LogP contribution in [0.15, 0.2) is 36.5 Å². The first-order chi connectivity index (χ1) is 10.9. The second-order valence-corrected chi connectivity index (χ2v) is 5.45. The summed E-state index contributed by atoms with van der Waals surface area (Å²) in [5.41, 5.74) is 1.14. The molecule has 23 heavy (non-hydrogen) atoms. The monoisotopic (exact) mass is 334 g/mol. The molecule has 2 atom stereocenters. The summed E-state index contributed by atoms with van der Waals surface area (Å²) in [7, 11) is 2.86. The molecule has 2 unspecified atom stereocenters. The lowest BCUT2D eigenvalue weighted by atomic mass is 9.87. The van der Waals surface area contributed by atoms with Crippen LogP contribution in [0.25, 0.3) is 0 Å². The lowest BCUT2D eigenvalue weighted by molar-refractivity contribution is -0.147. The van der Waals surface area contributed by atoms with Gasteiger partial charge in [-0.1, -0.05) is 18.7 Å². The molecule has 1 heterocycles. The number of carbonyl (C=O) groups is 2. The molecule has 1 N–H and O–H groups in total. The van der Waals surface area contributed by atoms with Gasteiger partial charge in [0.05, 0.1) is 20.3 Å². The summed E-state index contributed by atoms with van der Waals surface area (Å²) in [6.07, 6.45) is 0. The second-order valence-electron chi connectivity index (χ2n) is 5.06. The summed E-state index contributed by atoms with van der Waals surface area (Å²) in [6.45, 7) is 5.25. The largest absolute Gasteiger partial charge is 0.497 e. The van der Waals surface area contributed by atoms with Crippen LogP contribution < -0.4 is 10.1 Å². The molecule has 0 spiro atoms. The molecule has 0 bridgehead atoms.